The average Bonchev–Trinajstić information content (AvgIpc) is 3.35. The number of hydrogen-bond acceptors (Lipinski definition) is 4. The number of benzene rings is 1. The Morgan fingerprint density at radius 1 is 1.14 bits per heavy atom. The van der Waals surface area contributed by atoms with Crippen molar-refractivity contribution in [1.82, 2.24) is 25.4 Å². The predicted molar refractivity (Wildman–Crippen MR) is 105 cm³/mol. The van der Waals surface area contributed by atoms with E-state index in [0.29, 0.717) is 24.6 Å². The molecule has 28 heavy (non-hydrogen) atoms. The summed E-state index contributed by atoms with van der Waals surface area (Å²) in [5, 5.41) is 10.4. The van der Waals surface area contributed by atoms with Crippen molar-refractivity contribution in [1.29, 1.82) is 0 Å². The maximum absolute atomic E-state index is 13.2. The van der Waals surface area contributed by atoms with Gasteiger partial charge in [-0.2, -0.15) is 5.10 Å². The molecule has 2 aliphatic rings. The van der Waals surface area contributed by atoms with Crippen molar-refractivity contribution in [2.24, 2.45) is 5.92 Å². The minimum absolute atomic E-state index is 0.0553. The van der Waals surface area contributed by atoms with Crippen molar-refractivity contribution < 1.29 is 9.59 Å². The molecule has 2 atom stereocenters. The molecule has 1 saturated carbocycles. The average molecular weight is 381 g/mol. The van der Waals surface area contributed by atoms with Crippen LogP contribution >= 0.6 is 0 Å². The van der Waals surface area contributed by atoms with Crippen LogP contribution in [-0.2, 0) is 9.59 Å². The third-order valence-corrected chi connectivity index (χ3v) is 5.80. The number of H-pyrrole nitrogens is 1. The highest BCUT2D eigenvalue weighted by Crippen LogP contribution is 2.35. The lowest BCUT2D eigenvalue weighted by Gasteiger charge is -2.29. The molecule has 1 aromatic carbocycles. The minimum Gasteiger partial charge on any atom is -0.352 e. The Labute approximate surface area is 164 Å². The van der Waals surface area contributed by atoms with Gasteiger partial charge in [-0.1, -0.05) is 49.6 Å². The van der Waals surface area contributed by atoms with Gasteiger partial charge in [-0.15, -0.1) is 0 Å². The zero-order chi connectivity index (χ0) is 19.5. The van der Waals surface area contributed by atoms with E-state index in [1.807, 2.05) is 35.2 Å². The second-order valence-electron chi connectivity index (χ2n) is 7.88. The number of rotatable bonds is 4. The van der Waals surface area contributed by atoms with E-state index in [4.69, 9.17) is 0 Å². The standard InChI is InChI=1S/C21H27N5O2/c1-14(27)22-17-12-18(26(13-17)21(28)16-10-6-3-7-11-16)20-23-19(24-25-20)15-8-4-2-5-9-15/h2,4-5,8-9,16-18H,3,6-7,10-13H2,1H3,(H,22,27)(H,23,24,25)/t17-,18-/m0/s1. The van der Waals surface area contributed by atoms with E-state index in [0.717, 1.165) is 31.2 Å². The number of carbonyl (C=O) groups is 2. The highest BCUT2D eigenvalue weighted by atomic mass is 16.2. The Morgan fingerprint density at radius 3 is 2.61 bits per heavy atom. The van der Waals surface area contributed by atoms with E-state index >= 15 is 0 Å². The summed E-state index contributed by atoms with van der Waals surface area (Å²) in [5.74, 6) is 1.52. The summed E-state index contributed by atoms with van der Waals surface area (Å²) in [6, 6.07) is 9.55. The molecule has 0 radical (unpaired) electrons. The van der Waals surface area contributed by atoms with E-state index in [2.05, 4.69) is 20.5 Å². The van der Waals surface area contributed by atoms with Gasteiger partial charge in [0.05, 0.1) is 6.04 Å². The van der Waals surface area contributed by atoms with Gasteiger partial charge in [0.15, 0.2) is 5.82 Å². The third-order valence-electron chi connectivity index (χ3n) is 5.80. The number of nitrogens with zero attached hydrogens (tertiary/aromatic N) is 3. The molecule has 1 aromatic heterocycles. The Morgan fingerprint density at radius 2 is 1.89 bits per heavy atom. The summed E-state index contributed by atoms with van der Waals surface area (Å²) < 4.78 is 0. The van der Waals surface area contributed by atoms with Gasteiger partial charge in [0.1, 0.15) is 5.82 Å². The summed E-state index contributed by atoms with van der Waals surface area (Å²) >= 11 is 0. The lowest BCUT2D eigenvalue weighted by atomic mass is 9.88. The van der Waals surface area contributed by atoms with Gasteiger partial charge in [0, 0.05) is 31.0 Å². The summed E-state index contributed by atoms with van der Waals surface area (Å²) in [7, 11) is 0. The van der Waals surface area contributed by atoms with Crippen molar-refractivity contribution in [2.45, 2.75) is 57.5 Å². The summed E-state index contributed by atoms with van der Waals surface area (Å²) in [5.41, 5.74) is 0.937. The molecule has 2 heterocycles. The first kappa shape index (κ1) is 18.7. The van der Waals surface area contributed by atoms with Crippen LogP contribution in [0, 0.1) is 5.92 Å². The summed E-state index contributed by atoms with van der Waals surface area (Å²) in [6.45, 7) is 2.05. The van der Waals surface area contributed by atoms with Crippen LogP contribution in [0.2, 0.25) is 0 Å². The fourth-order valence-corrected chi connectivity index (χ4v) is 4.45. The minimum atomic E-state index is -0.184. The van der Waals surface area contributed by atoms with Crippen molar-refractivity contribution in [3.63, 3.8) is 0 Å². The van der Waals surface area contributed by atoms with E-state index in [1.54, 1.807) is 0 Å². The predicted octanol–water partition coefficient (Wildman–Crippen LogP) is 2.83. The first-order valence-corrected chi connectivity index (χ1v) is 10.2. The molecule has 2 N–H and O–H groups in total. The summed E-state index contributed by atoms with van der Waals surface area (Å²) in [6.07, 6.45) is 6.01. The maximum Gasteiger partial charge on any atom is 0.226 e. The van der Waals surface area contributed by atoms with E-state index < -0.39 is 0 Å². The molecule has 2 amide bonds. The molecule has 1 aliphatic heterocycles. The fourth-order valence-electron chi connectivity index (χ4n) is 4.45. The number of likely N-dealkylation sites (tertiary alicyclic amines) is 1. The SMILES string of the molecule is CC(=O)N[C@H]1C[C@@H](c2nc(-c3ccccc3)n[nH]2)N(C(=O)C2CCCCC2)C1. The first-order chi connectivity index (χ1) is 13.6. The van der Waals surface area contributed by atoms with Crippen molar-refractivity contribution in [3.05, 3.63) is 36.2 Å². The van der Waals surface area contributed by atoms with Crippen LogP contribution in [0.5, 0.6) is 0 Å². The van der Waals surface area contributed by atoms with Gasteiger partial charge >= 0.3 is 0 Å². The van der Waals surface area contributed by atoms with E-state index in [1.165, 1.54) is 13.3 Å². The smallest absolute Gasteiger partial charge is 0.226 e. The summed E-state index contributed by atoms with van der Waals surface area (Å²) in [4.78, 5) is 31.4. The monoisotopic (exact) mass is 381 g/mol. The van der Waals surface area contributed by atoms with Crippen LogP contribution in [0.15, 0.2) is 30.3 Å². The van der Waals surface area contributed by atoms with Gasteiger partial charge in [-0.3, -0.25) is 14.7 Å². The van der Waals surface area contributed by atoms with Gasteiger partial charge in [0.25, 0.3) is 0 Å². The van der Waals surface area contributed by atoms with Crippen LogP contribution in [0.25, 0.3) is 11.4 Å². The number of hydrogen-bond donors (Lipinski definition) is 2. The molecule has 148 valence electrons. The highest BCUT2D eigenvalue weighted by Gasteiger charge is 2.40. The first-order valence-electron chi connectivity index (χ1n) is 10.2. The van der Waals surface area contributed by atoms with Gasteiger partial charge in [-0.25, -0.2) is 4.98 Å². The molecule has 0 bridgehead atoms. The zero-order valence-corrected chi connectivity index (χ0v) is 16.2. The molecule has 7 nitrogen and oxygen atoms in total. The third kappa shape index (κ3) is 3.93. The van der Waals surface area contributed by atoms with Crippen LogP contribution in [0.1, 0.15) is 57.3 Å². The second-order valence-corrected chi connectivity index (χ2v) is 7.88. The van der Waals surface area contributed by atoms with Crippen molar-refractivity contribution >= 4 is 11.8 Å². The van der Waals surface area contributed by atoms with Crippen LogP contribution in [0.4, 0.5) is 0 Å². The van der Waals surface area contributed by atoms with Crippen molar-refractivity contribution in [3.8, 4) is 11.4 Å². The van der Waals surface area contributed by atoms with Gasteiger partial charge in [0.2, 0.25) is 11.8 Å². The molecular formula is C21H27N5O2. The topological polar surface area (TPSA) is 91.0 Å². The number of amides is 2. The lowest BCUT2D eigenvalue weighted by molar-refractivity contribution is -0.138. The molecule has 0 spiro atoms. The largest absolute Gasteiger partial charge is 0.352 e. The quantitative estimate of drug-likeness (QED) is 0.852. The number of carbonyl (C=O) groups excluding carboxylic acids is 2. The van der Waals surface area contributed by atoms with Gasteiger partial charge in [-0.05, 0) is 19.3 Å². The second kappa shape index (κ2) is 8.12. The number of aromatic nitrogens is 3. The Kier molecular flexibility index (Phi) is 5.41. The number of aromatic amines is 1. The Balaban J connectivity index is 1.57. The van der Waals surface area contributed by atoms with Gasteiger partial charge < -0.3 is 10.2 Å². The van der Waals surface area contributed by atoms with Crippen LogP contribution in [0.3, 0.4) is 0 Å². The molecule has 2 aromatic rings. The molecular weight excluding hydrogens is 354 g/mol. The van der Waals surface area contributed by atoms with E-state index in [-0.39, 0.29) is 29.8 Å². The Hall–Kier alpha value is -2.70. The van der Waals surface area contributed by atoms with Crippen LogP contribution < -0.4 is 5.32 Å². The van der Waals surface area contributed by atoms with Crippen LogP contribution in [-0.4, -0.2) is 44.5 Å². The Bertz CT molecular complexity index is 828. The highest BCUT2D eigenvalue weighted by molar-refractivity contribution is 5.80. The molecule has 7 heteroatoms. The molecule has 1 aliphatic carbocycles. The molecule has 4 rings (SSSR count). The van der Waals surface area contributed by atoms with Crippen molar-refractivity contribution in [2.75, 3.05) is 6.54 Å². The lowest BCUT2D eigenvalue weighted by Crippen LogP contribution is -2.40. The normalized spacial score (nSPS) is 23.0. The zero-order valence-electron chi connectivity index (χ0n) is 16.2. The fraction of sp³-hybridized carbons (Fsp3) is 0.524. The molecule has 1 saturated heterocycles. The maximum atomic E-state index is 13.2. The molecule has 2 fully saturated rings. The van der Waals surface area contributed by atoms with E-state index in [9.17, 15) is 9.59 Å². The number of nitrogens with one attached hydrogen (secondary N) is 2. The molecule has 0 unspecified atom stereocenters.